The molecule has 0 aliphatic heterocycles. The average molecular weight is 243 g/mol. The van der Waals surface area contributed by atoms with E-state index in [1.165, 1.54) is 12.8 Å². The van der Waals surface area contributed by atoms with Crippen LogP contribution < -0.4 is 5.32 Å². The van der Waals surface area contributed by atoms with Crippen LogP contribution in [0.25, 0.3) is 0 Å². The van der Waals surface area contributed by atoms with Gasteiger partial charge in [0.25, 0.3) is 0 Å². The normalized spacial score (nSPS) is 14.8. The van der Waals surface area contributed by atoms with Gasteiger partial charge >= 0.3 is 0 Å². The number of imidazole rings is 1. The summed E-state index contributed by atoms with van der Waals surface area (Å²) >= 11 is 0. The summed E-state index contributed by atoms with van der Waals surface area (Å²) in [5.74, 6) is 1.75. The SMILES string of the molecule is Cc1cn(C2CC2)c(NCc2ccnc(C)n2)n1. The molecule has 0 radical (unpaired) electrons. The predicted octanol–water partition coefficient (Wildman–Crippen LogP) is 2.24. The molecule has 1 fully saturated rings. The van der Waals surface area contributed by atoms with Gasteiger partial charge in [0, 0.05) is 18.4 Å². The van der Waals surface area contributed by atoms with Gasteiger partial charge in [-0.2, -0.15) is 0 Å². The summed E-state index contributed by atoms with van der Waals surface area (Å²) in [6.07, 6.45) is 6.43. The first kappa shape index (κ1) is 11.2. The van der Waals surface area contributed by atoms with Crippen molar-refractivity contribution in [2.45, 2.75) is 39.3 Å². The standard InChI is InChI=1S/C13H17N5/c1-9-8-18(12-3-4-12)13(16-9)15-7-11-5-6-14-10(2)17-11/h5-6,8,12H,3-4,7H2,1-2H3,(H,15,16). The molecule has 5 nitrogen and oxygen atoms in total. The Morgan fingerprint density at radius 3 is 2.89 bits per heavy atom. The minimum atomic E-state index is 0.640. The monoisotopic (exact) mass is 243 g/mol. The first-order valence-electron chi connectivity index (χ1n) is 6.30. The van der Waals surface area contributed by atoms with E-state index in [4.69, 9.17) is 0 Å². The molecular weight excluding hydrogens is 226 g/mol. The molecular formula is C13H17N5. The van der Waals surface area contributed by atoms with Crippen molar-refractivity contribution in [3.05, 3.63) is 35.7 Å². The van der Waals surface area contributed by atoms with Gasteiger partial charge in [0.05, 0.1) is 17.9 Å². The summed E-state index contributed by atoms with van der Waals surface area (Å²) in [5, 5.41) is 3.36. The van der Waals surface area contributed by atoms with Gasteiger partial charge in [0.1, 0.15) is 5.82 Å². The van der Waals surface area contributed by atoms with Crippen molar-refractivity contribution >= 4 is 5.95 Å². The van der Waals surface area contributed by atoms with Crippen LogP contribution in [0.4, 0.5) is 5.95 Å². The van der Waals surface area contributed by atoms with Gasteiger partial charge in [-0.25, -0.2) is 15.0 Å². The van der Waals surface area contributed by atoms with Crippen LogP contribution >= 0.6 is 0 Å². The van der Waals surface area contributed by atoms with Crippen molar-refractivity contribution in [3.8, 4) is 0 Å². The third kappa shape index (κ3) is 2.34. The van der Waals surface area contributed by atoms with Crippen molar-refractivity contribution in [2.24, 2.45) is 0 Å². The van der Waals surface area contributed by atoms with Gasteiger partial charge in [-0.1, -0.05) is 0 Å². The van der Waals surface area contributed by atoms with Crippen molar-refractivity contribution in [1.82, 2.24) is 19.5 Å². The Balaban J connectivity index is 1.73. The molecule has 1 aliphatic rings. The molecule has 94 valence electrons. The van der Waals surface area contributed by atoms with E-state index in [9.17, 15) is 0 Å². The van der Waals surface area contributed by atoms with Gasteiger partial charge in [0.2, 0.25) is 5.95 Å². The lowest BCUT2D eigenvalue weighted by molar-refractivity contribution is 0.741. The third-order valence-corrected chi connectivity index (χ3v) is 3.05. The first-order valence-corrected chi connectivity index (χ1v) is 6.30. The quantitative estimate of drug-likeness (QED) is 0.894. The highest BCUT2D eigenvalue weighted by molar-refractivity contribution is 5.31. The molecule has 0 saturated heterocycles. The second kappa shape index (κ2) is 4.40. The van der Waals surface area contributed by atoms with Crippen LogP contribution in [-0.2, 0) is 6.54 Å². The molecule has 1 aliphatic carbocycles. The van der Waals surface area contributed by atoms with Crippen LogP contribution in [0.5, 0.6) is 0 Å². The Morgan fingerprint density at radius 1 is 1.33 bits per heavy atom. The Hall–Kier alpha value is -1.91. The maximum Gasteiger partial charge on any atom is 0.203 e. The fraction of sp³-hybridized carbons (Fsp3) is 0.462. The second-order valence-corrected chi connectivity index (χ2v) is 4.79. The van der Waals surface area contributed by atoms with Crippen molar-refractivity contribution in [3.63, 3.8) is 0 Å². The lowest BCUT2D eigenvalue weighted by Crippen LogP contribution is -2.08. The summed E-state index contributed by atoms with van der Waals surface area (Å²) in [6, 6.07) is 2.57. The Morgan fingerprint density at radius 2 is 2.17 bits per heavy atom. The van der Waals surface area contributed by atoms with E-state index in [2.05, 4.69) is 31.0 Å². The number of aromatic nitrogens is 4. The van der Waals surface area contributed by atoms with E-state index in [1.807, 2.05) is 19.9 Å². The molecule has 0 amide bonds. The highest BCUT2D eigenvalue weighted by atomic mass is 15.2. The molecule has 2 aromatic heterocycles. The van der Waals surface area contributed by atoms with Crippen molar-refractivity contribution in [2.75, 3.05) is 5.32 Å². The number of hydrogen-bond acceptors (Lipinski definition) is 4. The molecule has 2 aromatic rings. The Labute approximate surface area is 106 Å². The predicted molar refractivity (Wildman–Crippen MR) is 69.3 cm³/mol. The molecule has 1 saturated carbocycles. The molecule has 0 aromatic carbocycles. The van der Waals surface area contributed by atoms with Crippen LogP contribution in [-0.4, -0.2) is 19.5 Å². The Bertz CT molecular complexity index is 556. The van der Waals surface area contributed by atoms with Gasteiger partial charge < -0.3 is 9.88 Å². The summed E-state index contributed by atoms with van der Waals surface area (Å²) in [7, 11) is 0. The molecule has 0 spiro atoms. The maximum atomic E-state index is 4.52. The number of anilines is 1. The van der Waals surface area contributed by atoms with Crippen LogP contribution in [0.15, 0.2) is 18.5 Å². The molecule has 1 N–H and O–H groups in total. The van der Waals surface area contributed by atoms with Crippen LogP contribution in [0, 0.1) is 13.8 Å². The van der Waals surface area contributed by atoms with Crippen molar-refractivity contribution < 1.29 is 0 Å². The van der Waals surface area contributed by atoms with E-state index in [-0.39, 0.29) is 0 Å². The molecule has 18 heavy (non-hydrogen) atoms. The van der Waals surface area contributed by atoms with Crippen LogP contribution in [0.1, 0.15) is 36.1 Å². The van der Waals surface area contributed by atoms with Gasteiger partial charge in [-0.3, -0.25) is 0 Å². The average Bonchev–Trinajstić information content (AvgIpc) is 3.11. The van der Waals surface area contributed by atoms with E-state index in [0.29, 0.717) is 12.6 Å². The highest BCUT2D eigenvalue weighted by Crippen LogP contribution is 2.37. The summed E-state index contributed by atoms with van der Waals surface area (Å²) < 4.78 is 2.24. The van der Waals surface area contributed by atoms with E-state index < -0.39 is 0 Å². The number of nitrogens with zero attached hydrogens (tertiary/aromatic N) is 4. The molecule has 5 heteroatoms. The fourth-order valence-corrected chi connectivity index (χ4v) is 2.05. The topological polar surface area (TPSA) is 55.6 Å². The highest BCUT2D eigenvalue weighted by Gasteiger charge is 2.26. The van der Waals surface area contributed by atoms with Crippen LogP contribution in [0.2, 0.25) is 0 Å². The summed E-state index contributed by atoms with van der Waals surface area (Å²) in [6.45, 7) is 4.62. The number of rotatable bonds is 4. The smallest absolute Gasteiger partial charge is 0.203 e. The second-order valence-electron chi connectivity index (χ2n) is 4.79. The summed E-state index contributed by atoms with van der Waals surface area (Å²) in [5.41, 5.74) is 2.05. The molecule has 3 rings (SSSR count). The largest absolute Gasteiger partial charge is 0.350 e. The lowest BCUT2D eigenvalue weighted by Gasteiger charge is -2.08. The number of aryl methyl sites for hydroxylation is 2. The minimum absolute atomic E-state index is 0.640. The lowest BCUT2D eigenvalue weighted by atomic mass is 10.4. The van der Waals surface area contributed by atoms with E-state index >= 15 is 0 Å². The molecule has 2 heterocycles. The zero-order chi connectivity index (χ0) is 12.5. The van der Waals surface area contributed by atoms with E-state index in [1.54, 1.807) is 6.20 Å². The summed E-state index contributed by atoms with van der Waals surface area (Å²) in [4.78, 5) is 13.0. The molecule has 0 unspecified atom stereocenters. The minimum Gasteiger partial charge on any atom is -0.350 e. The molecule has 0 atom stereocenters. The zero-order valence-corrected chi connectivity index (χ0v) is 10.7. The van der Waals surface area contributed by atoms with Crippen LogP contribution in [0.3, 0.4) is 0 Å². The van der Waals surface area contributed by atoms with Gasteiger partial charge in [0.15, 0.2) is 0 Å². The zero-order valence-electron chi connectivity index (χ0n) is 10.7. The van der Waals surface area contributed by atoms with Crippen molar-refractivity contribution in [1.29, 1.82) is 0 Å². The number of nitrogens with one attached hydrogen (secondary N) is 1. The van der Waals surface area contributed by atoms with Gasteiger partial charge in [-0.15, -0.1) is 0 Å². The maximum absolute atomic E-state index is 4.52. The number of hydrogen-bond donors (Lipinski definition) is 1. The Kier molecular flexibility index (Phi) is 2.74. The first-order chi connectivity index (χ1) is 8.72. The van der Waals surface area contributed by atoms with E-state index in [0.717, 1.165) is 23.2 Å². The fourth-order valence-electron chi connectivity index (χ4n) is 2.05. The molecule has 0 bridgehead atoms. The van der Waals surface area contributed by atoms with Gasteiger partial charge in [-0.05, 0) is 32.8 Å². The third-order valence-electron chi connectivity index (χ3n) is 3.05.